The summed E-state index contributed by atoms with van der Waals surface area (Å²) in [6.07, 6.45) is 13.1. The second kappa shape index (κ2) is 13.6. The first-order valence-corrected chi connectivity index (χ1v) is 20.1. The Labute approximate surface area is 311 Å². The standard InChI is InChI=1S/C44H64N2O6/c1-28(36(48)49)46-35(47)15-12-26-45-38(51)44-24-22-39(2,3)27-31(44)30-16-17-33-41(6)20-19-34(52-37(50)29-13-10-9-11-14-29)40(4,5)32(41)18-21-43(33,8)42(30,7)23-25-44/h9-11,13-14,16,28,31-34H,12,15,17-27H2,1-8H3,(H,45,51)(H,46,47)(H,48,49)/t28-,31?,32?,33?,34-,41-,42+,43+,44-/m0/s1. The van der Waals surface area contributed by atoms with Gasteiger partial charge in [-0.05, 0) is 129 Å². The van der Waals surface area contributed by atoms with E-state index in [1.54, 1.807) is 0 Å². The maximum atomic E-state index is 14.4. The van der Waals surface area contributed by atoms with Gasteiger partial charge < -0.3 is 20.5 Å². The lowest BCUT2D eigenvalue weighted by atomic mass is 9.33. The van der Waals surface area contributed by atoms with Gasteiger partial charge in [-0.15, -0.1) is 0 Å². The number of allylic oxidation sites excluding steroid dienone is 2. The minimum atomic E-state index is -1.06. The van der Waals surface area contributed by atoms with Crippen LogP contribution in [0.1, 0.15) is 143 Å². The summed E-state index contributed by atoms with van der Waals surface area (Å²) in [5.41, 5.74) is 1.89. The van der Waals surface area contributed by atoms with Crippen molar-refractivity contribution in [2.75, 3.05) is 6.54 Å². The minimum absolute atomic E-state index is 0.00848. The Balaban J connectivity index is 1.22. The van der Waals surface area contributed by atoms with Crippen LogP contribution in [-0.2, 0) is 19.1 Å². The first-order chi connectivity index (χ1) is 24.3. The summed E-state index contributed by atoms with van der Waals surface area (Å²) >= 11 is 0. The van der Waals surface area contributed by atoms with Gasteiger partial charge in [-0.25, -0.2) is 4.79 Å². The molecule has 8 heteroatoms. The van der Waals surface area contributed by atoms with E-state index >= 15 is 0 Å². The Morgan fingerprint density at radius 2 is 1.58 bits per heavy atom. The number of amides is 2. The molecule has 4 saturated carbocycles. The minimum Gasteiger partial charge on any atom is -0.480 e. The van der Waals surface area contributed by atoms with E-state index in [9.17, 15) is 19.2 Å². The summed E-state index contributed by atoms with van der Waals surface area (Å²) in [5, 5.41) is 14.9. The fourth-order valence-corrected chi connectivity index (χ4v) is 12.6. The van der Waals surface area contributed by atoms with Gasteiger partial charge in [-0.3, -0.25) is 14.4 Å². The molecule has 0 heterocycles. The van der Waals surface area contributed by atoms with Crippen molar-refractivity contribution in [2.24, 2.45) is 50.2 Å². The molecule has 9 atom stereocenters. The topological polar surface area (TPSA) is 122 Å². The van der Waals surface area contributed by atoms with Crippen LogP contribution < -0.4 is 10.6 Å². The SMILES string of the molecule is C[C@H](NC(=O)CCCNC(=O)[C@]12CCC(C)(C)CC1C1=CCC3[C@@]4(C)CC[C@H](OC(=O)c5ccccc5)C(C)(C)C4CC[C@@]3(C)[C@]1(C)CC2)C(=O)O. The summed E-state index contributed by atoms with van der Waals surface area (Å²) in [7, 11) is 0. The van der Waals surface area contributed by atoms with Gasteiger partial charge in [0.25, 0.3) is 0 Å². The van der Waals surface area contributed by atoms with E-state index in [4.69, 9.17) is 9.84 Å². The van der Waals surface area contributed by atoms with Crippen molar-refractivity contribution in [2.45, 2.75) is 145 Å². The van der Waals surface area contributed by atoms with Crippen LogP contribution in [0.15, 0.2) is 42.0 Å². The first-order valence-electron chi connectivity index (χ1n) is 20.1. The number of rotatable bonds is 9. The van der Waals surface area contributed by atoms with E-state index in [1.165, 1.54) is 12.5 Å². The number of carbonyl (C=O) groups excluding carboxylic acids is 3. The van der Waals surface area contributed by atoms with E-state index in [2.05, 4.69) is 65.2 Å². The molecule has 0 saturated heterocycles. The van der Waals surface area contributed by atoms with Crippen molar-refractivity contribution < 1.29 is 29.0 Å². The van der Waals surface area contributed by atoms with Crippen LogP contribution in [0.2, 0.25) is 0 Å². The molecular weight excluding hydrogens is 652 g/mol. The van der Waals surface area contributed by atoms with Gasteiger partial charge in [0.15, 0.2) is 0 Å². The second-order valence-electron chi connectivity index (χ2n) is 19.5. The molecule has 5 aliphatic carbocycles. The van der Waals surface area contributed by atoms with Crippen LogP contribution in [0.4, 0.5) is 0 Å². The van der Waals surface area contributed by atoms with Gasteiger partial charge in [-0.1, -0.05) is 78.3 Å². The predicted octanol–water partition coefficient (Wildman–Crippen LogP) is 8.50. The number of ether oxygens (including phenoxy) is 1. The fourth-order valence-electron chi connectivity index (χ4n) is 12.6. The third-order valence-electron chi connectivity index (χ3n) is 15.9. The zero-order valence-corrected chi connectivity index (χ0v) is 33.0. The highest BCUT2D eigenvalue weighted by molar-refractivity contribution is 5.89. The number of aliphatic carboxylic acids is 1. The molecule has 1 aromatic rings. The Morgan fingerprint density at radius 1 is 0.885 bits per heavy atom. The smallest absolute Gasteiger partial charge is 0.338 e. The molecule has 8 nitrogen and oxygen atoms in total. The molecule has 0 spiro atoms. The molecule has 6 rings (SSSR count). The van der Waals surface area contributed by atoms with Gasteiger partial charge in [-0.2, -0.15) is 0 Å². The zero-order valence-electron chi connectivity index (χ0n) is 33.0. The second-order valence-corrected chi connectivity index (χ2v) is 19.5. The van der Waals surface area contributed by atoms with E-state index in [1.807, 2.05) is 30.3 Å². The highest BCUT2D eigenvalue weighted by Crippen LogP contribution is 2.76. The molecule has 1 aromatic carbocycles. The molecule has 286 valence electrons. The van der Waals surface area contributed by atoms with Gasteiger partial charge in [0.1, 0.15) is 12.1 Å². The average molecular weight is 717 g/mol. The maximum Gasteiger partial charge on any atom is 0.338 e. The number of fused-ring (bicyclic) bond motifs is 7. The number of carbonyl (C=O) groups is 4. The van der Waals surface area contributed by atoms with Gasteiger partial charge in [0, 0.05) is 18.4 Å². The molecule has 0 aromatic heterocycles. The highest BCUT2D eigenvalue weighted by atomic mass is 16.5. The fraction of sp³-hybridized carbons (Fsp3) is 0.727. The molecule has 3 unspecified atom stereocenters. The summed E-state index contributed by atoms with van der Waals surface area (Å²) in [6, 6.07) is 8.44. The number of hydrogen-bond donors (Lipinski definition) is 3. The van der Waals surface area contributed by atoms with E-state index in [0.29, 0.717) is 30.4 Å². The van der Waals surface area contributed by atoms with Crippen LogP contribution in [-0.4, -0.2) is 47.6 Å². The number of nitrogens with one attached hydrogen (secondary N) is 2. The lowest BCUT2D eigenvalue weighted by Gasteiger charge is -2.71. The quantitative estimate of drug-likeness (QED) is 0.134. The van der Waals surface area contributed by atoms with Crippen LogP contribution in [0.25, 0.3) is 0 Å². The van der Waals surface area contributed by atoms with E-state index in [0.717, 1.165) is 64.2 Å². The van der Waals surface area contributed by atoms with Gasteiger partial charge >= 0.3 is 11.9 Å². The van der Waals surface area contributed by atoms with Crippen molar-refractivity contribution in [1.82, 2.24) is 10.6 Å². The Hall–Kier alpha value is -3.16. The lowest BCUT2D eigenvalue weighted by Crippen LogP contribution is -2.65. The molecule has 5 aliphatic rings. The third kappa shape index (κ3) is 6.32. The van der Waals surface area contributed by atoms with Crippen LogP contribution in [0.3, 0.4) is 0 Å². The Morgan fingerprint density at radius 3 is 2.27 bits per heavy atom. The van der Waals surface area contributed by atoms with Gasteiger partial charge in [0.05, 0.1) is 11.0 Å². The zero-order chi connectivity index (χ0) is 37.9. The molecular formula is C44H64N2O6. The van der Waals surface area contributed by atoms with Crippen molar-refractivity contribution >= 4 is 23.8 Å². The monoisotopic (exact) mass is 716 g/mol. The Kier molecular flexibility index (Phi) is 10.1. The molecule has 2 amide bonds. The number of esters is 1. The number of benzene rings is 1. The van der Waals surface area contributed by atoms with E-state index < -0.39 is 17.4 Å². The molecule has 4 fully saturated rings. The summed E-state index contributed by atoms with van der Waals surface area (Å²) in [5.74, 6) is -0.334. The number of carboxylic acids is 1. The highest BCUT2D eigenvalue weighted by Gasteiger charge is 2.69. The first kappa shape index (κ1) is 38.6. The summed E-state index contributed by atoms with van der Waals surface area (Å²) < 4.78 is 6.31. The van der Waals surface area contributed by atoms with Crippen molar-refractivity contribution in [3.8, 4) is 0 Å². The van der Waals surface area contributed by atoms with Crippen molar-refractivity contribution in [3.63, 3.8) is 0 Å². The van der Waals surface area contributed by atoms with E-state index in [-0.39, 0.29) is 63.3 Å². The lowest BCUT2D eigenvalue weighted by molar-refractivity contribution is -0.204. The van der Waals surface area contributed by atoms with Crippen LogP contribution in [0.5, 0.6) is 0 Å². The predicted molar refractivity (Wildman–Crippen MR) is 202 cm³/mol. The largest absolute Gasteiger partial charge is 0.480 e. The number of hydrogen-bond acceptors (Lipinski definition) is 5. The van der Waals surface area contributed by atoms with Gasteiger partial charge in [0.2, 0.25) is 11.8 Å². The molecule has 52 heavy (non-hydrogen) atoms. The summed E-state index contributed by atoms with van der Waals surface area (Å²) in [6.45, 7) is 18.9. The Bertz CT molecular complexity index is 1600. The third-order valence-corrected chi connectivity index (χ3v) is 15.9. The van der Waals surface area contributed by atoms with Crippen LogP contribution in [0, 0.1) is 50.2 Å². The maximum absolute atomic E-state index is 14.4. The molecule has 0 bridgehead atoms. The molecule has 0 radical (unpaired) electrons. The molecule has 3 N–H and O–H groups in total. The normalized spacial score (nSPS) is 37.7. The number of carboxylic acid groups (broad SMARTS) is 1. The molecule has 0 aliphatic heterocycles. The van der Waals surface area contributed by atoms with Crippen LogP contribution >= 0.6 is 0 Å². The van der Waals surface area contributed by atoms with Crippen molar-refractivity contribution in [1.29, 1.82) is 0 Å². The summed E-state index contributed by atoms with van der Waals surface area (Å²) in [4.78, 5) is 51.0. The van der Waals surface area contributed by atoms with Crippen molar-refractivity contribution in [3.05, 3.63) is 47.5 Å². The average Bonchev–Trinajstić information content (AvgIpc) is 3.08.